The Hall–Kier alpha value is -5.32. The van der Waals surface area contributed by atoms with Crippen molar-refractivity contribution in [3.63, 3.8) is 0 Å². The molecule has 11 heteroatoms. The summed E-state index contributed by atoms with van der Waals surface area (Å²) in [6.45, 7) is -0.250. The normalized spacial score (nSPS) is 24.6. The van der Waals surface area contributed by atoms with E-state index in [9.17, 15) is 14.4 Å². The summed E-state index contributed by atoms with van der Waals surface area (Å²) in [4.78, 5) is 41.9. The van der Waals surface area contributed by atoms with Crippen LogP contribution >= 0.6 is 0 Å². The van der Waals surface area contributed by atoms with Crippen molar-refractivity contribution < 1.29 is 23.9 Å². The van der Waals surface area contributed by atoms with Gasteiger partial charge in [0.25, 0.3) is 17.7 Å². The molecule has 0 radical (unpaired) electrons. The van der Waals surface area contributed by atoms with Gasteiger partial charge in [0.1, 0.15) is 18.0 Å². The van der Waals surface area contributed by atoms with E-state index in [-0.39, 0.29) is 24.4 Å². The molecule has 7 rings (SSSR count). The first-order valence-electron chi connectivity index (χ1n) is 15.0. The number of nitrogens with zero attached hydrogens (tertiary/aromatic N) is 6. The van der Waals surface area contributed by atoms with Crippen molar-refractivity contribution in [3.8, 4) is 11.5 Å². The predicted octanol–water partition coefficient (Wildman–Crippen LogP) is 4.82. The average Bonchev–Trinajstić information content (AvgIpc) is 3.75. The third-order valence-electron chi connectivity index (χ3n) is 8.84. The number of carbonyl (C=O) groups excluding carboxylic acids is 3. The molecule has 11 nitrogen and oxygen atoms in total. The van der Waals surface area contributed by atoms with E-state index in [2.05, 4.69) is 16.4 Å². The molecule has 3 aromatic carbocycles. The Morgan fingerprint density at radius 2 is 1.58 bits per heavy atom. The van der Waals surface area contributed by atoms with Crippen LogP contribution in [-0.4, -0.2) is 66.3 Å². The second-order valence-corrected chi connectivity index (χ2v) is 11.4. The van der Waals surface area contributed by atoms with Crippen LogP contribution in [0.2, 0.25) is 0 Å². The number of hydrazone groups is 1. The highest BCUT2D eigenvalue weighted by atomic mass is 16.5. The Morgan fingerprint density at radius 1 is 0.889 bits per heavy atom. The van der Waals surface area contributed by atoms with E-state index in [1.54, 1.807) is 38.5 Å². The molecule has 0 N–H and O–H groups in total. The van der Waals surface area contributed by atoms with E-state index in [1.165, 1.54) is 10.0 Å². The van der Waals surface area contributed by atoms with Crippen LogP contribution in [0.5, 0.6) is 11.5 Å². The first kappa shape index (κ1) is 28.5. The van der Waals surface area contributed by atoms with Crippen molar-refractivity contribution in [3.05, 3.63) is 95.6 Å². The van der Waals surface area contributed by atoms with E-state index >= 15 is 0 Å². The van der Waals surface area contributed by atoms with Crippen LogP contribution in [0, 0.1) is 5.92 Å². The van der Waals surface area contributed by atoms with Gasteiger partial charge in [-0.3, -0.25) is 19.4 Å². The minimum Gasteiger partial charge on any atom is -0.497 e. The maximum atomic E-state index is 14.1. The summed E-state index contributed by atoms with van der Waals surface area (Å²) in [5, 5.41) is 16.0. The van der Waals surface area contributed by atoms with Crippen LogP contribution in [0.4, 0.5) is 5.69 Å². The molecule has 3 heterocycles. The molecule has 45 heavy (non-hydrogen) atoms. The highest BCUT2D eigenvalue weighted by molar-refractivity contribution is 6.25. The number of hydrogen-bond donors (Lipinski definition) is 0. The van der Waals surface area contributed by atoms with Crippen LogP contribution in [0.3, 0.4) is 0 Å². The van der Waals surface area contributed by atoms with Gasteiger partial charge in [-0.05, 0) is 78.4 Å². The lowest BCUT2D eigenvalue weighted by Gasteiger charge is -2.30. The molecule has 4 atom stereocenters. The molecule has 2 fully saturated rings. The standard InChI is InChI=1S/C34H32N6O5/c1-44-25-15-11-21(12-16-25)19-23-7-6-10-27-29(23)36-40(31(27)22-13-17-26(45-2)18-14-22)28(41)20-38-32-30(35-37-38)33(42)39(34(32)43)24-8-4-3-5-9-24/h3-5,8-9,11-19,27,30-32H,6-7,10,20H2,1-2H3/b23-19-/t27-,30+,31-,32+/m1/s1. The zero-order chi connectivity index (χ0) is 31.1. The quantitative estimate of drug-likeness (QED) is 0.357. The summed E-state index contributed by atoms with van der Waals surface area (Å²) in [5.41, 5.74) is 4.39. The first-order valence-corrected chi connectivity index (χ1v) is 15.0. The molecule has 3 aromatic rings. The van der Waals surface area contributed by atoms with E-state index in [1.807, 2.05) is 54.6 Å². The Bertz CT molecular complexity index is 1720. The van der Waals surface area contributed by atoms with E-state index < -0.39 is 23.9 Å². The number of rotatable bonds is 7. The van der Waals surface area contributed by atoms with Crippen molar-refractivity contribution >= 4 is 35.2 Å². The lowest BCUT2D eigenvalue weighted by atomic mass is 9.77. The zero-order valence-electron chi connectivity index (χ0n) is 24.9. The third kappa shape index (κ3) is 5.03. The zero-order valence-corrected chi connectivity index (χ0v) is 24.9. The van der Waals surface area contributed by atoms with E-state index in [0.717, 1.165) is 58.1 Å². The molecule has 0 spiro atoms. The van der Waals surface area contributed by atoms with Gasteiger partial charge in [-0.2, -0.15) is 10.2 Å². The highest BCUT2D eigenvalue weighted by Crippen LogP contribution is 2.45. The van der Waals surface area contributed by atoms with Gasteiger partial charge in [-0.1, -0.05) is 47.7 Å². The Labute approximate surface area is 260 Å². The van der Waals surface area contributed by atoms with Crippen molar-refractivity contribution in [1.29, 1.82) is 0 Å². The second kappa shape index (κ2) is 11.6. The monoisotopic (exact) mass is 604 g/mol. The van der Waals surface area contributed by atoms with Gasteiger partial charge in [0.2, 0.25) is 0 Å². The fourth-order valence-corrected chi connectivity index (χ4v) is 6.64. The van der Waals surface area contributed by atoms with Crippen LogP contribution in [-0.2, 0) is 14.4 Å². The van der Waals surface area contributed by atoms with Crippen molar-refractivity contribution in [2.24, 2.45) is 21.4 Å². The lowest BCUT2D eigenvalue weighted by molar-refractivity contribution is -0.136. The fraction of sp³-hybridized carbons (Fsp3) is 0.294. The van der Waals surface area contributed by atoms with Crippen LogP contribution < -0.4 is 14.4 Å². The van der Waals surface area contributed by atoms with Gasteiger partial charge in [0, 0.05) is 5.92 Å². The SMILES string of the molecule is COc1ccc(/C=C2/CCC[C@@H]3C2=NN(C(=O)CN2N=N[C@@H]4C(=O)N(c5ccccc5)C(=O)[C@H]42)[C@@H]3c2ccc(OC)cc2)cc1. The third-order valence-corrected chi connectivity index (χ3v) is 8.84. The molecule has 1 saturated heterocycles. The Kier molecular flexibility index (Phi) is 7.36. The molecule has 0 aromatic heterocycles. The summed E-state index contributed by atoms with van der Waals surface area (Å²) in [7, 11) is 3.26. The number of anilines is 1. The number of allylic oxidation sites excluding steroid dienone is 1. The molecule has 3 aliphatic heterocycles. The molecule has 0 unspecified atom stereocenters. The summed E-state index contributed by atoms with van der Waals surface area (Å²) in [5.74, 6) is 0.245. The minimum atomic E-state index is -0.991. The van der Waals surface area contributed by atoms with Crippen LogP contribution in [0.25, 0.3) is 6.08 Å². The summed E-state index contributed by atoms with van der Waals surface area (Å²) in [6, 6.07) is 21.9. The molecule has 3 amide bonds. The number of fused-ring (bicyclic) bond motifs is 2. The largest absolute Gasteiger partial charge is 0.497 e. The first-order chi connectivity index (χ1) is 22.0. The Balaban J connectivity index is 1.19. The van der Waals surface area contributed by atoms with E-state index in [0.29, 0.717) is 5.69 Å². The highest BCUT2D eigenvalue weighted by Gasteiger charge is 2.55. The number of benzene rings is 3. The van der Waals surface area contributed by atoms with Crippen molar-refractivity contribution in [2.75, 3.05) is 25.7 Å². The number of ether oxygens (including phenoxy) is 2. The Morgan fingerprint density at radius 3 is 2.27 bits per heavy atom. The van der Waals surface area contributed by atoms with E-state index in [4.69, 9.17) is 14.6 Å². The number of amides is 3. The number of hydrogen-bond acceptors (Lipinski definition) is 9. The second-order valence-electron chi connectivity index (χ2n) is 11.4. The average molecular weight is 605 g/mol. The maximum absolute atomic E-state index is 14.1. The van der Waals surface area contributed by atoms with Gasteiger partial charge in [-0.25, -0.2) is 9.91 Å². The number of para-hydroxylation sites is 1. The molecule has 1 aliphatic carbocycles. The summed E-state index contributed by atoms with van der Waals surface area (Å²) >= 11 is 0. The molecule has 228 valence electrons. The molecular weight excluding hydrogens is 572 g/mol. The molecule has 4 aliphatic rings. The molecule has 0 bridgehead atoms. The fourth-order valence-electron chi connectivity index (χ4n) is 6.64. The minimum absolute atomic E-state index is 0.0168. The number of imide groups is 1. The summed E-state index contributed by atoms with van der Waals surface area (Å²) < 4.78 is 10.7. The van der Waals surface area contributed by atoms with Gasteiger partial charge in [-0.15, -0.1) is 0 Å². The lowest BCUT2D eigenvalue weighted by Crippen LogP contribution is -2.45. The van der Waals surface area contributed by atoms with Gasteiger partial charge in [0.15, 0.2) is 12.1 Å². The van der Waals surface area contributed by atoms with Gasteiger partial charge >= 0.3 is 0 Å². The van der Waals surface area contributed by atoms with Gasteiger partial charge < -0.3 is 9.47 Å². The predicted molar refractivity (Wildman–Crippen MR) is 166 cm³/mol. The topological polar surface area (TPSA) is 116 Å². The number of methoxy groups -OCH3 is 2. The molecule has 1 saturated carbocycles. The van der Waals surface area contributed by atoms with Gasteiger partial charge in [0.05, 0.1) is 31.7 Å². The van der Waals surface area contributed by atoms with Crippen LogP contribution in [0.15, 0.2) is 99.9 Å². The van der Waals surface area contributed by atoms with Crippen molar-refractivity contribution in [1.82, 2.24) is 10.0 Å². The number of carbonyl (C=O) groups is 3. The molecular formula is C34H32N6O5. The maximum Gasteiger partial charge on any atom is 0.264 e. The smallest absolute Gasteiger partial charge is 0.264 e. The van der Waals surface area contributed by atoms with Crippen molar-refractivity contribution in [2.45, 2.75) is 37.4 Å². The van der Waals surface area contributed by atoms with Crippen LogP contribution in [0.1, 0.15) is 36.4 Å². The summed E-state index contributed by atoms with van der Waals surface area (Å²) in [6.07, 6.45) is 4.79.